The molecule has 1 heterocycles. The lowest BCUT2D eigenvalue weighted by molar-refractivity contribution is 0.129. The third-order valence-electron chi connectivity index (χ3n) is 4.48. The first-order chi connectivity index (χ1) is 12.3. The van der Waals surface area contributed by atoms with E-state index < -0.39 is 0 Å². The summed E-state index contributed by atoms with van der Waals surface area (Å²) in [6.45, 7) is 9.23. The maximum absolute atomic E-state index is 5.05. The molecule has 0 bridgehead atoms. The van der Waals surface area contributed by atoms with Gasteiger partial charge in [-0.15, -0.1) is 0 Å². The Bertz CT molecular complexity index is 486. The SMILES string of the molecule is CN=C(NCCCOC)NCCN1CCN(Cc2ccccc2)CC1. The van der Waals surface area contributed by atoms with E-state index in [0.29, 0.717) is 0 Å². The van der Waals surface area contributed by atoms with Gasteiger partial charge in [0.15, 0.2) is 5.96 Å². The molecule has 1 aliphatic rings. The quantitative estimate of drug-likeness (QED) is 0.397. The van der Waals surface area contributed by atoms with Crippen molar-refractivity contribution in [2.75, 3.05) is 66.6 Å². The number of ether oxygens (including phenoxy) is 1. The van der Waals surface area contributed by atoms with Crippen molar-refractivity contribution in [3.8, 4) is 0 Å². The summed E-state index contributed by atoms with van der Waals surface area (Å²) in [6, 6.07) is 10.7. The van der Waals surface area contributed by atoms with E-state index in [4.69, 9.17) is 4.74 Å². The molecule has 0 aromatic heterocycles. The van der Waals surface area contributed by atoms with E-state index in [-0.39, 0.29) is 0 Å². The maximum Gasteiger partial charge on any atom is 0.191 e. The van der Waals surface area contributed by atoms with Gasteiger partial charge in [0.2, 0.25) is 0 Å². The van der Waals surface area contributed by atoms with Crippen molar-refractivity contribution < 1.29 is 4.74 Å². The third kappa shape index (κ3) is 7.86. The van der Waals surface area contributed by atoms with Crippen LogP contribution < -0.4 is 10.6 Å². The van der Waals surface area contributed by atoms with Crippen LogP contribution in [0.1, 0.15) is 12.0 Å². The smallest absolute Gasteiger partial charge is 0.191 e. The number of piperazine rings is 1. The molecule has 1 aromatic rings. The Labute approximate surface area is 152 Å². The second kappa shape index (κ2) is 11.8. The highest BCUT2D eigenvalue weighted by molar-refractivity contribution is 5.79. The summed E-state index contributed by atoms with van der Waals surface area (Å²) < 4.78 is 5.05. The number of methoxy groups -OCH3 is 1. The number of rotatable bonds is 9. The number of nitrogens with one attached hydrogen (secondary N) is 2. The van der Waals surface area contributed by atoms with Crippen LogP contribution >= 0.6 is 0 Å². The first-order valence-electron chi connectivity index (χ1n) is 9.24. The summed E-state index contributed by atoms with van der Waals surface area (Å²) in [6.07, 6.45) is 0.987. The van der Waals surface area contributed by atoms with Crippen molar-refractivity contribution in [3.05, 3.63) is 35.9 Å². The molecule has 0 unspecified atom stereocenters. The average Bonchev–Trinajstić information content (AvgIpc) is 2.66. The normalized spacial score (nSPS) is 16.8. The minimum Gasteiger partial charge on any atom is -0.385 e. The van der Waals surface area contributed by atoms with Crippen LogP contribution in [0.2, 0.25) is 0 Å². The number of benzene rings is 1. The zero-order chi connectivity index (χ0) is 17.7. The van der Waals surface area contributed by atoms with Crippen molar-refractivity contribution in [1.82, 2.24) is 20.4 Å². The van der Waals surface area contributed by atoms with Crippen LogP contribution in [-0.4, -0.2) is 82.3 Å². The molecule has 1 aromatic carbocycles. The third-order valence-corrected chi connectivity index (χ3v) is 4.48. The van der Waals surface area contributed by atoms with Crippen LogP contribution in [0.3, 0.4) is 0 Å². The number of aliphatic imine (C=N–C) groups is 1. The van der Waals surface area contributed by atoms with Gasteiger partial charge in [0.25, 0.3) is 0 Å². The van der Waals surface area contributed by atoms with Crippen LogP contribution in [0.15, 0.2) is 35.3 Å². The molecule has 0 aliphatic carbocycles. The zero-order valence-corrected chi connectivity index (χ0v) is 15.7. The molecule has 0 atom stereocenters. The zero-order valence-electron chi connectivity index (χ0n) is 15.7. The molecule has 2 rings (SSSR count). The van der Waals surface area contributed by atoms with Crippen LogP contribution in [-0.2, 0) is 11.3 Å². The summed E-state index contributed by atoms with van der Waals surface area (Å²) in [4.78, 5) is 9.31. The molecule has 2 N–H and O–H groups in total. The molecule has 25 heavy (non-hydrogen) atoms. The van der Waals surface area contributed by atoms with Gasteiger partial charge < -0.3 is 15.4 Å². The van der Waals surface area contributed by atoms with E-state index in [0.717, 1.165) is 71.3 Å². The maximum atomic E-state index is 5.05. The first kappa shape index (κ1) is 19.7. The van der Waals surface area contributed by atoms with Crippen LogP contribution in [0.25, 0.3) is 0 Å². The second-order valence-electron chi connectivity index (χ2n) is 6.38. The first-order valence-corrected chi connectivity index (χ1v) is 9.24. The molecule has 0 amide bonds. The molecular weight excluding hydrogens is 314 g/mol. The molecule has 1 saturated heterocycles. The van der Waals surface area contributed by atoms with E-state index in [1.165, 1.54) is 5.56 Å². The monoisotopic (exact) mass is 347 g/mol. The molecule has 140 valence electrons. The number of guanidine groups is 1. The Balaban J connectivity index is 1.57. The predicted octanol–water partition coefficient (Wildman–Crippen LogP) is 1.01. The van der Waals surface area contributed by atoms with Gasteiger partial charge in [0.1, 0.15) is 0 Å². The van der Waals surface area contributed by atoms with Gasteiger partial charge in [-0.3, -0.25) is 14.8 Å². The number of hydrogen-bond donors (Lipinski definition) is 2. The number of hydrogen-bond acceptors (Lipinski definition) is 4. The molecule has 0 spiro atoms. The fourth-order valence-corrected chi connectivity index (χ4v) is 2.99. The van der Waals surface area contributed by atoms with E-state index in [2.05, 4.69) is 55.8 Å². The molecule has 1 aliphatic heterocycles. The largest absolute Gasteiger partial charge is 0.385 e. The molecular formula is C19H33N5O. The van der Waals surface area contributed by atoms with Crippen molar-refractivity contribution in [2.45, 2.75) is 13.0 Å². The summed E-state index contributed by atoms with van der Waals surface area (Å²) in [5.74, 6) is 0.874. The van der Waals surface area contributed by atoms with E-state index in [1.807, 2.05) is 7.05 Å². The van der Waals surface area contributed by atoms with Gasteiger partial charge in [-0.2, -0.15) is 0 Å². The Morgan fingerprint density at radius 1 is 1.04 bits per heavy atom. The van der Waals surface area contributed by atoms with Crippen molar-refractivity contribution in [3.63, 3.8) is 0 Å². The standard InChI is InChI=1S/C19H33N5O/c1-20-19(21-9-6-16-25-2)22-10-11-23-12-14-24(15-13-23)17-18-7-4-3-5-8-18/h3-5,7-8H,6,9-17H2,1-2H3,(H2,20,21,22). The van der Waals surface area contributed by atoms with Gasteiger partial charge in [-0.1, -0.05) is 30.3 Å². The summed E-state index contributed by atoms with van der Waals surface area (Å²) >= 11 is 0. The Morgan fingerprint density at radius 2 is 1.72 bits per heavy atom. The highest BCUT2D eigenvalue weighted by Crippen LogP contribution is 2.07. The summed E-state index contributed by atoms with van der Waals surface area (Å²) in [5.41, 5.74) is 1.40. The fraction of sp³-hybridized carbons (Fsp3) is 0.632. The van der Waals surface area contributed by atoms with E-state index >= 15 is 0 Å². The lowest BCUT2D eigenvalue weighted by Crippen LogP contribution is -2.49. The average molecular weight is 348 g/mol. The highest BCUT2D eigenvalue weighted by atomic mass is 16.5. The van der Waals surface area contributed by atoms with E-state index in [1.54, 1.807) is 7.11 Å². The van der Waals surface area contributed by atoms with Gasteiger partial charge in [-0.05, 0) is 12.0 Å². The van der Waals surface area contributed by atoms with Gasteiger partial charge in [0, 0.05) is 73.1 Å². The Morgan fingerprint density at radius 3 is 2.40 bits per heavy atom. The lowest BCUT2D eigenvalue weighted by atomic mass is 10.2. The predicted molar refractivity (Wildman–Crippen MR) is 104 cm³/mol. The van der Waals surface area contributed by atoms with Crippen LogP contribution in [0, 0.1) is 0 Å². The van der Waals surface area contributed by atoms with Crippen molar-refractivity contribution in [1.29, 1.82) is 0 Å². The molecule has 1 fully saturated rings. The van der Waals surface area contributed by atoms with Gasteiger partial charge in [0.05, 0.1) is 0 Å². The molecule has 6 heteroatoms. The topological polar surface area (TPSA) is 52.1 Å². The fourth-order valence-electron chi connectivity index (χ4n) is 2.99. The van der Waals surface area contributed by atoms with Crippen molar-refractivity contribution >= 4 is 5.96 Å². The van der Waals surface area contributed by atoms with E-state index in [9.17, 15) is 0 Å². The summed E-state index contributed by atoms with van der Waals surface area (Å²) in [5, 5.41) is 6.70. The van der Waals surface area contributed by atoms with Crippen LogP contribution in [0.4, 0.5) is 0 Å². The highest BCUT2D eigenvalue weighted by Gasteiger charge is 2.16. The molecule has 6 nitrogen and oxygen atoms in total. The lowest BCUT2D eigenvalue weighted by Gasteiger charge is -2.34. The van der Waals surface area contributed by atoms with Crippen molar-refractivity contribution in [2.24, 2.45) is 4.99 Å². The van der Waals surface area contributed by atoms with Gasteiger partial charge >= 0.3 is 0 Å². The second-order valence-corrected chi connectivity index (χ2v) is 6.38. The minimum atomic E-state index is 0.775. The Hall–Kier alpha value is -1.63. The summed E-state index contributed by atoms with van der Waals surface area (Å²) in [7, 11) is 3.54. The van der Waals surface area contributed by atoms with Gasteiger partial charge in [-0.25, -0.2) is 0 Å². The van der Waals surface area contributed by atoms with Crippen LogP contribution in [0.5, 0.6) is 0 Å². The minimum absolute atomic E-state index is 0.775. The number of nitrogens with zero attached hydrogens (tertiary/aromatic N) is 3. The molecule has 0 radical (unpaired) electrons. The molecule has 0 saturated carbocycles. The Kier molecular flexibility index (Phi) is 9.33.